The van der Waals surface area contributed by atoms with Gasteiger partial charge in [-0.15, -0.1) is 0 Å². The summed E-state index contributed by atoms with van der Waals surface area (Å²) in [4.78, 5) is 28.7. The average Bonchev–Trinajstić information content (AvgIpc) is 3.29. The van der Waals surface area contributed by atoms with Crippen LogP contribution in [0, 0.1) is 6.92 Å². The third kappa shape index (κ3) is 5.84. The van der Waals surface area contributed by atoms with Crippen LogP contribution < -0.4 is 19.1 Å². The standard InChI is InChI=1S/C36H35NO6/c1-22(2)25-11-15-28(16-12-25)37-33(26-13-18-30(41-4)31(20-26)42-5)32(35(39)36(37)40)34(38)27-14-17-29(23(3)19-27)43-21-24-9-7-6-8-10-24/h6-20,22,33,38H,21H2,1-5H3/b34-32-. The predicted molar refractivity (Wildman–Crippen MR) is 167 cm³/mol. The Labute approximate surface area is 252 Å². The Bertz CT molecular complexity index is 1670. The van der Waals surface area contributed by atoms with Crippen LogP contribution in [-0.2, 0) is 16.2 Å². The summed E-state index contributed by atoms with van der Waals surface area (Å²) in [6.45, 7) is 6.44. The van der Waals surface area contributed by atoms with Gasteiger partial charge >= 0.3 is 0 Å². The van der Waals surface area contributed by atoms with Crippen molar-refractivity contribution in [2.45, 2.75) is 39.3 Å². The van der Waals surface area contributed by atoms with Crippen molar-refractivity contribution >= 4 is 23.1 Å². The highest BCUT2D eigenvalue weighted by Crippen LogP contribution is 2.44. The molecule has 4 aromatic rings. The van der Waals surface area contributed by atoms with Crippen LogP contribution in [0.4, 0.5) is 5.69 Å². The van der Waals surface area contributed by atoms with E-state index in [1.165, 1.54) is 19.1 Å². The number of aliphatic hydroxyl groups is 1. The van der Waals surface area contributed by atoms with Gasteiger partial charge in [0.25, 0.3) is 11.7 Å². The molecular weight excluding hydrogens is 542 g/mol. The number of Topliss-reactive ketones (excluding diaryl/α,β-unsaturated/α-hetero) is 1. The maximum atomic E-state index is 13.7. The zero-order chi connectivity index (χ0) is 30.7. The Hall–Kier alpha value is -5.04. The van der Waals surface area contributed by atoms with Crippen LogP contribution in [0.3, 0.4) is 0 Å². The van der Waals surface area contributed by atoms with Gasteiger partial charge in [0.05, 0.1) is 25.8 Å². The quantitative estimate of drug-likeness (QED) is 0.127. The van der Waals surface area contributed by atoms with Crippen molar-refractivity contribution in [2.75, 3.05) is 19.1 Å². The lowest BCUT2D eigenvalue weighted by molar-refractivity contribution is -0.132. The minimum Gasteiger partial charge on any atom is -0.507 e. The number of hydrogen-bond acceptors (Lipinski definition) is 6. The molecule has 0 spiro atoms. The van der Waals surface area contributed by atoms with Gasteiger partial charge in [-0.2, -0.15) is 0 Å². The van der Waals surface area contributed by atoms with Crippen LogP contribution in [0.2, 0.25) is 0 Å². The van der Waals surface area contributed by atoms with Crippen molar-refractivity contribution in [3.05, 3.63) is 124 Å². The van der Waals surface area contributed by atoms with E-state index in [1.807, 2.05) is 61.5 Å². The molecule has 1 saturated heterocycles. The van der Waals surface area contributed by atoms with Gasteiger partial charge in [0.1, 0.15) is 18.1 Å². The normalized spacial score (nSPS) is 16.0. The first-order valence-electron chi connectivity index (χ1n) is 14.1. The molecule has 0 radical (unpaired) electrons. The summed E-state index contributed by atoms with van der Waals surface area (Å²) in [5, 5.41) is 11.7. The molecule has 43 heavy (non-hydrogen) atoms. The lowest BCUT2D eigenvalue weighted by Gasteiger charge is -2.26. The minimum atomic E-state index is -0.904. The van der Waals surface area contributed by atoms with Crippen LogP contribution in [0.5, 0.6) is 17.2 Å². The zero-order valence-electron chi connectivity index (χ0n) is 25.0. The number of ketones is 1. The maximum absolute atomic E-state index is 13.7. The smallest absolute Gasteiger partial charge is 0.300 e. The number of hydrogen-bond donors (Lipinski definition) is 1. The second kappa shape index (κ2) is 12.4. The summed E-state index contributed by atoms with van der Waals surface area (Å²) < 4.78 is 17.0. The first kappa shape index (κ1) is 29.5. The van der Waals surface area contributed by atoms with E-state index in [0.717, 1.165) is 16.7 Å². The predicted octanol–water partition coefficient (Wildman–Crippen LogP) is 7.34. The fourth-order valence-corrected chi connectivity index (χ4v) is 5.31. The summed E-state index contributed by atoms with van der Waals surface area (Å²) >= 11 is 0. The molecule has 1 aliphatic rings. The molecule has 1 fully saturated rings. The van der Waals surface area contributed by atoms with Gasteiger partial charge in [-0.05, 0) is 77.6 Å². The number of amides is 1. The molecule has 1 aliphatic heterocycles. The van der Waals surface area contributed by atoms with Crippen LogP contribution in [0.1, 0.15) is 53.6 Å². The molecule has 7 nitrogen and oxygen atoms in total. The number of benzene rings is 4. The van der Waals surface area contributed by atoms with Crippen molar-refractivity contribution in [2.24, 2.45) is 0 Å². The number of aliphatic hydroxyl groups excluding tert-OH is 1. The minimum absolute atomic E-state index is 0.0116. The number of methoxy groups -OCH3 is 2. The van der Waals surface area contributed by atoms with Crippen molar-refractivity contribution in [3.63, 3.8) is 0 Å². The SMILES string of the molecule is COc1ccc(C2/C(=C(/O)c3ccc(OCc4ccccc4)c(C)c3)C(=O)C(=O)N2c2ccc(C(C)C)cc2)cc1OC. The largest absolute Gasteiger partial charge is 0.507 e. The summed E-state index contributed by atoms with van der Waals surface area (Å²) in [5.74, 6) is 0.141. The second-order valence-corrected chi connectivity index (χ2v) is 10.8. The molecule has 1 unspecified atom stereocenters. The first-order chi connectivity index (χ1) is 20.7. The summed E-state index contributed by atoms with van der Waals surface area (Å²) in [7, 11) is 3.06. The Morgan fingerprint density at radius 1 is 0.837 bits per heavy atom. The molecule has 0 saturated carbocycles. The first-order valence-corrected chi connectivity index (χ1v) is 14.1. The highest BCUT2D eigenvalue weighted by molar-refractivity contribution is 6.51. The third-order valence-corrected chi connectivity index (χ3v) is 7.69. The van der Waals surface area contributed by atoms with Crippen molar-refractivity contribution < 1.29 is 28.9 Å². The fourth-order valence-electron chi connectivity index (χ4n) is 5.31. The molecule has 7 heteroatoms. The van der Waals surface area contributed by atoms with Crippen molar-refractivity contribution in [1.29, 1.82) is 0 Å². The van der Waals surface area contributed by atoms with Crippen LogP contribution in [-0.4, -0.2) is 31.0 Å². The molecular formula is C36H35NO6. The number of ether oxygens (including phenoxy) is 3. The lowest BCUT2D eigenvalue weighted by atomic mass is 9.94. The van der Waals surface area contributed by atoms with Crippen LogP contribution in [0.25, 0.3) is 5.76 Å². The summed E-state index contributed by atoms with van der Waals surface area (Å²) in [5.41, 5.74) is 4.45. The van der Waals surface area contributed by atoms with Gasteiger partial charge in [-0.1, -0.05) is 62.4 Å². The Morgan fingerprint density at radius 2 is 1.51 bits per heavy atom. The molecule has 0 aliphatic carbocycles. The zero-order valence-corrected chi connectivity index (χ0v) is 25.0. The Morgan fingerprint density at radius 3 is 2.14 bits per heavy atom. The highest BCUT2D eigenvalue weighted by Gasteiger charge is 2.47. The van der Waals surface area contributed by atoms with E-state index >= 15 is 0 Å². The van der Waals surface area contributed by atoms with E-state index in [-0.39, 0.29) is 11.3 Å². The average molecular weight is 578 g/mol. The number of rotatable bonds is 9. The second-order valence-electron chi connectivity index (χ2n) is 10.8. The van der Waals surface area contributed by atoms with E-state index in [2.05, 4.69) is 13.8 Å². The van der Waals surface area contributed by atoms with Gasteiger partial charge in [-0.3, -0.25) is 14.5 Å². The van der Waals surface area contributed by atoms with Crippen molar-refractivity contribution in [3.8, 4) is 17.2 Å². The van der Waals surface area contributed by atoms with Crippen molar-refractivity contribution in [1.82, 2.24) is 0 Å². The van der Waals surface area contributed by atoms with E-state index in [4.69, 9.17) is 14.2 Å². The molecule has 1 amide bonds. The van der Waals surface area contributed by atoms with Gasteiger partial charge < -0.3 is 19.3 Å². The van der Waals surface area contributed by atoms with E-state index in [1.54, 1.807) is 36.4 Å². The molecule has 0 bridgehead atoms. The molecule has 1 heterocycles. The van der Waals surface area contributed by atoms with E-state index in [0.29, 0.717) is 46.6 Å². The highest BCUT2D eigenvalue weighted by atomic mass is 16.5. The van der Waals surface area contributed by atoms with Gasteiger partial charge in [0.2, 0.25) is 0 Å². The van der Waals surface area contributed by atoms with E-state index in [9.17, 15) is 14.7 Å². The molecule has 220 valence electrons. The Balaban J connectivity index is 1.59. The summed E-state index contributed by atoms with van der Waals surface area (Å²) in [6.07, 6.45) is 0. The molecule has 1 atom stereocenters. The molecule has 0 aromatic heterocycles. The number of anilines is 1. The fraction of sp³-hybridized carbons (Fsp3) is 0.222. The number of carbonyl (C=O) groups excluding carboxylic acids is 2. The topological polar surface area (TPSA) is 85.3 Å². The van der Waals surface area contributed by atoms with Crippen LogP contribution >= 0.6 is 0 Å². The summed E-state index contributed by atoms with van der Waals surface area (Å²) in [6, 6.07) is 26.9. The third-order valence-electron chi connectivity index (χ3n) is 7.69. The number of carbonyl (C=O) groups is 2. The van der Waals surface area contributed by atoms with Gasteiger partial charge in [0.15, 0.2) is 11.5 Å². The Kier molecular flexibility index (Phi) is 8.53. The number of aryl methyl sites for hydroxylation is 1. The maximum Gasteiger partial charge on any atom is 0.300 e. The van der Waals surface area contributed by atoms with E-state index < -0.39 is 17.7 Å². The van der Waals surface area contributed by atoms with Gasteiger partial charge in [-0.25, -0.2) is 0 Å². The van der Waals surface area contributed by atoms with Gasteiger partial charge in [0, 0.05) is 11.3 Å². The number of nitrogens with zero attached hydrogens (tertiary/aromatic N) is 1. The molecule has 4 aromatic carbocycles. The monoisotopic (exact) mass is 577 g/mol. The van der Waals surface area contributed by atoms with Crippen LogP contribution in [0.15, 0.2) is 96.6 Å². The lowest BCUT2D eigenvalue weighted by Crippen LogP contribution is -2.29. The molecule has 5 rings (SSSR count). The molecule has 1 N–H and O–H groups in total.